The highest BCUT2D eigenvalue weighted by atomic mass is 35.5. The minimum absolute atomic E-state index is 0.151. The monoisotopic (exact) mass is 1430 g/mol. The molecule has 0 saturated heterocycles. The molecular weight excluding hydrogens is 1340 g/mol. The first kappa shape index (κ1) is 66.1. The molecule has 0 spiro atoms. The summed E-state index contributed by atoms with van der Waals surface area (Å²) in [5, 5.41) is 49.1. The second-order valence-electron chi connectivity index (χ2n) is 35.5. The minimum atomic E-state index is -1.18. The van der Waals surface area contributed by atoms with Gasteiger partial charge in [0.1, 0.15) is 4.87 Å². The van der Waals surface area contributed by atoms with Gasteiger partial charge in [0.15, 0.2) is 0 Å². The number of allylic oxidation sites excluding steroid dienone is 14. The van der Waals surface area contributed by atoms with Crippen molar-refractivity contribution in [1.29, 1.82) is 0 Å². The summed E-state index contributed by atoms with van der Waals surface area (Å²) in [4.78, 5) is 58.6. The van der Waals surface area contributed by atoms with E-state index < -0.39 is 61.8 Å². The Labute approximate surface area is 626 Å². The molecule has 5 aromatic carbocycles. The largest absolute Gasteiger partial charge is 0.481 e. The zero-order valence-corrected chi connectivity index (χ0v) is 61.4. The third-order valence-electron chi connectivity index (χ3n) is 31.5. The van der Waals surface area contributed by atoms with Crippen LogP contribution in [0.5, 0.6) is 0 Å². The zero-order chi connectivity index (χ0) is 71.9. The predicted molar refractivity (Wildman–Crippen MR) is 405 cm³/mol. The van der Waals surface area contributed by atoms with Crippen LogP contribution in [0.25, 0.3) is 0 Å². The van der Waals surface area contributed by atoms with Crippen LogP contribution in [0.3, 0.4) is 0 Å². The molecule has 5 N–H and O–H groups in total. The number of carboxylic acid groups (broad SMARTS) is 5. The Morgan fingerprint density at radius 2 is 0.453 bits per heavy atom. The number of carboxylic acids is 5. The topological polar surface area (TPSA) is 186 Å². The van der Waals surface area contributed by atoms with Crippen molar-refractivity contribution < 1.29 is 49.5 Å². The molecule has 0 radical (unpaired) electrons. The summed E-state index contributed by atoms with van der Waals surface area (Å²) in [6, 6.07) is 50.0. The molecule has 11 heteroatoms. The molecule has 542 valence electrons. The van der Waals surface area contributed by atoms with Crippen molar-refractivity contribution in [2.45, 2.75) is 225 Å². The molecule has 5 fully saturated rings. The van der Waals surface area contributed by atoms with E-state index in [1.165, 1.54) is 77.9 Å². The van der Waals surface area contributed by atoms with Crippen molar-refractivity contribution in [3.63, 3.8) is 0 Å². The van der Waals surface area contributed by atoms with Gasteiger partial charge in [-0.25, -0.2) is 0 Å². The third-order valence-corrected chi connectivity index (χ3v) is 32.2. The molecule has 0 aliphatic heterocycles. The van der Waals surface area contributed by atoms with Gasteiger partial charge in [0.05, 0.1) is 27.1 Å². The van der Waals surface area contributed by atoms with Gasteiger partial charge in [-0.05, 0) is 353 Å². The van der Waals surface area contributed by atoms with Crippen LogP contribution in [-0.2, 0) is 83.2 Å². The fourth-order valence-electron chi connectivity index (χ4n) is 28.9. The van der Waals surface area contributed by atoms with E-state index in [0.717, 1.165) is 128 Å². The molecule has 16 atom stereocenters. The molecular formula is C95H95ClO10. The van der Waals surface area contributed by atoms with Crippen LogP contribution in [0.1, 0.15) is 216 Å². The smallest absolute Gasteiger partial charge is 0.303 e. The summed E-state index contributed by atoms with van der Waals surface area (Å²) in [5.41, 5.74) is 32.3. The van der Waals surface area contributed by atoms with Gasteiger partial charge in [-0.15, -0.1) is 11.6 Å². The average molecular weight is 1430 g/mol. The van der Waals surface area contributed by atoms with Crippen LogP contribution in [0, 0.1) is 59.2 Å². The van der Waals surface area contributed by atoms with Gasteiger partial charge in [-0.2, -0.15) is 0 Å². The first-order valence-electron chi connectivity index (χ1n) is 41.1. The second-order valence-corrected chi connectivity index (χ2v) is 36.1. The number of fused-ring (bicyclic) bond motifs is 5. The third kappa shape index (κ3) is 7.99. The fraction of sp³-hybridized carbons (Fsp3) is 0.484. The van der Waals surface area contributed by atoms with Crippen LogP contribution < -0.4 is 0 Å². The maximum Gasteiger partial charge on any atom is 0.303 e. The maximum absolute atomic E-state index is 12.0. The van der Waals surface area contributed by atoms with Crippen molar-refractivity contribution in [1.82, 2.24) is 0 Å². The van der Waals surface area contributed by atoms with Crippen LogP contribution in [-0.4, -0.2) is 60.3 Å². The van der Waals surface area contributed by atoms with Crippen molar-refractivity contribution in [2.75, 3.05) is 0 Å². The molecule has 10 nitrogen and oxygen atoms in total. The van der Waals surface area contributed by atoms with Crippen molar-refractivity contribution in [2.24, 2.45) is 59.2 Å². The molecule has 5 saturated carbocycles. The van der Waals surface area contributed by atoms with Crippen LogP contribution in [0.4, 0.5) is 0 Å². The Balaban J connectivity index is 0.939. The average Bonchev–Trinajstić information content (AvgIpc) is 1.39. The van der Waals surface area contributed by atoms with E-state index in [9.17, 15) is 61.1 Å². The van der Waals surface area contributed by atoms with Crippen LogP contribution in [0.2, 0.25) is 0 Å². The number of aliphatic carboxylic acids is 5. The predicted octanol–water partition coefficient (Wildman–Crippen LogP) is 19.0. The Bertz CT molecular complexity index is 4700. The molecule has 0 amide bonds. The summed E-state index contributed by atoms with van der Waals surface area (Å²) in [5.74, 6) is -0.863. The highest BCUT2D eigenvalue weighted by Gasteiger charge is 2.91. The Kier molecular flexibility index (Phi) is 14.6. The highest BCUT2D eigenvalue weighted by molar-refractivity contribution is 6.33. The lowest BCUT2D eigenvalue weighted by molar-refractivity contribution is -0.138. The molecule has 0 aromatic heterocycles. The zero-order valence-electron chi connectivity index (χ0n) is 60.7. The van der Waals surface area contributed by atoms with E-state index in [4.69, 9.17) is 0 Å². The number of alkyl halides is 1. The number of aryl methyl sites for hydroxylation is 5. The molecule has 0 bridgehead atoms. The lowest BCUT2D eigenvalue weighted by atomic mass is 9.39. The normalized spacial score (nSPS) is 34.6. The lowest BCUT2D eigenvalue weighted by Gasteiger charge is -2.65. The molecule has 5 aromatic rings. The molecule has 16 aliphatic rings. The molecule has 0 heterocycles. The van der Waals surface area contributed by atoms with Crippen molar-refractivity contribution >= 4 is 41.4 Å². The quantitative estimate of drug-likeness (QED) is 0.0168. The fourth-order valence-corrected chi connectivity index (χ4v) is 29.7. The Morgan fingerprint density at radius 3 is 0.679 bits per heavy atom. The molecule has 106 heavy (non-hydrogen) atoms. The number of rotatable bonds is 30. The van der Waals surface area contributed by atoms with Gasteiger partial charge in [0.2, 0.25) is 0 Å². The van der Waals surface area contributed by atoms with Gasteiger partial charge in [0.25, 0.3) is 0 Å². The number of hydrogen-bond donors (Lipinski definition) is 5. The summed E-state index contributed by atoms with van der Waals surface area (Å²) in [6.07, 6.45) is 23.2. The summed E-state index contributed by atoms with van der Waals surface area (Å²) < 4.78 is 0. The number of carbonyl (C=O) groups is 5. The number of benzene rings is 5. The lowest BCUT2D eigenvalue weighted by Crippen LogP contribution is -2.65. The number of hydrogen-bond acceptors (Lipinski definition) is 5. The molecule has 16 aliphatic carbocycles. The van der Waals surface area contributed by atoms with Crippen LogP contribution >= 0.6 is 11.6 Å². The number of unbranched alkanes of at least 4 members (excludes halogenated alkanes) is 5. The van der Waals surface area contributed by atoms with E-state index in [0.29, 0.717) is 55.8 Å². The number of halogens is 1. The van der Waals surface area contributed by atoms with Crippen LogP contribution in [0.15, 0.2) is 199 Å². The van der Waals surface area contributed by atoms with Crippen molar-refractivity contribution in [3.8, 4) is 0 Å². The van der Waals surface area contributed by atoms with Gasteiger partial charge < -0.3 is 25.5 Å². The van der Waals surface area contributed by atoms with Gasteiger partial charge in [-0.1, -0.05) is 121 Å². The first-order valence-corrected chi connectivity index (χ1v) is 41.5. The maximum atomic E-state index is 12.0. The summed E-state index contributed by atoms with van der Waals surface area (Å²) in [7, 11) is 0. The first-order chi connectivity index (χ1) is 51.6. The summed E-state index contributed by atoms with van der Waals surface area (Å²) in [6.45, 7) is 0. The van der Waals surface area contributed by atoms with Gasteiger partial charge in [0, 0.05) is 32.1 Å². The molecule has 21 rings (SSSR count). The molecule has 10 unspecified atom stereocenters. The van der Waals surface area contributed by atoms with E-state index >= 15 is 0 Å². The Morgan fingerprint density at radius 1 is 0.264 bits per heavy atom. The van der Waals surface area contributed by atoms with E-state index in [1.807, 2.05) is 0 Å². The second kappa shape index (κ2) is 23.5. The van der Waals surface area contributed by atoms with E-state index in [1.54, 1.807) is 55.7 Å². The Hall–Kier alpha value is -8.08. The highest BCUT2D eigenvalue weighted by Crippen LogP contribution is 2.96. The van der Waals surface area contributed by atoms with E-state index in [2.05, 4.69) is 121 Å². The van der Waals surface area contributed by atoms with Gasteiger partial charge in [-0.3, -0.25) is 24.0 Å². The summed E-state index contributed by atoms with van der Waals surface area (Å²) >= 11 is 10.9. The SMILES string of the molecule is O=C(O)CCCCc1ccc([C@]23C4=C5[C@]6(c7ccc(CCCCC(=O)O)cc7)C7=C2C2CCC7C7CCC8C(=C76)[C@]6(c7ccc(CCCCC(=O)O)cc7)C7=C9C(CCC78)C7CCC8C%10=C7[C@]9(c7ccc(CCCCC(=O)O)cc7)C(=C4[C@@]%10(c4ccc(CCCCC(=O)O)cc4)C4=C3C2CCC48)[C@]56Cl)cc1. The van der Waals surface area contributed by atoms with E-state index in [-0.39, 0.29) is 67.6 Å². The standard InChI is InChI=1S/C95H95ClO10/c96-95-88-86-87-89(95)93(59-37-27-54(28-38-59)14-4-9-19-74(103)104)81-66-46-44-64-62-42-41-61-63-43-45-65-67-47-49-69-70-50-48-68(66)83(93)85(70)94(95,60-39-29-55(30-40-60)15-5-10-20-75(105)106)84(69)82(67)92(88,58-35-25-53(26-36-58)13-3-8-18-73(101)102)80(65)78(63)90(86,56-31-21-51(22-32-56)11-1-6-16-71(97)98)76(61)77(62)91(87,79(64)81)57-33-23-52(24-34-57)12-2-7-17-72(99)100/h21-40,61-70H,1-20,41-50H2,(H,97,98)(H,99,100)(H,101,102)(H,103,104)(H,105,106)/t61?,62?,63?,64?,65?,66?,67?,68?,69?,70?,90-,91+,92-,93+,94-,95-. The minimum Gasteiger partial charge on any atom is -0.481 e. The van der Waals surface area contributed by atoms with Crippen molar-refractivity contribution in [3.05, 3.63) is 255 Å². The van der Waals surface area contributed by atoms with Gasteiger partial charge >= 0.3 is 29.8 Å².